The van der Waals surface area contributed by atoms with Crippen LogP contribution in [0.25, 0.3) is 0 Å². The lowest BCUT2D eigenvalue weighted by Crippen LogP contribution is -2.39. The van der Waals surface area contributed by atoms with Gasteiger partial charge in [0.05, 0.1) is 0 Å². The molecule has 0 radical (unpaired) electrons. The van der Waals surface area contributed by atoms with Crippen LogP contribution in [0.1, 0.15) is 51.9 Å². The van der Waals surface area contributed by atoms with E-state index in [1.54, 1.807) is 0 Å². The van der Waals surface area contributed by atoms with Gasteiger partial charge in [0.1, 0.15) is 0 Å². The number of nitrogens with one attached hydrogen (secondary N) is 1. The molecule has 2 unspecified atom stereocenters. The van der Waals surface area contributed by atoms with Gasteiger partial charge in [-0.05, 0) is 69.4 Å². The zero-order valence-corrected chi connectivity index (χ0v) is 12.2. The fraction of sp³-hybridized carbons (Fsp3) is 0.938. The van der Waals surface area contributed by atoms with E-state index < -0.39 is 0 Å². The Hall–Kier alpha value is -0.570. The Balaban J connectivity index is 1.49. The average Bonchev–Trinajstić information content (AvgIpc) is 3.28. The van der Waals surface area contributed by atoms with Crippen molar-refractivity contribution in [3.63, 3.8) is 0 Å². The molecule has 0 aromatic carbocycles. The number of piperidine rings is 1. The van der Waals surface area contributed by atoms with E-state index in [4.69, 9.17) is 0 Å². The quantitative estimate of drug-likeness (QED) is 0.799. The summed E-state index contributed by atoms with van der Waals surface area (Å²) in [5, 5.41) is 3.47. The Morgan fingerprint density at radius 2 is 2.05 bits per heavy atom. The molecule has 3 fully saturated rings. The van der Waals surface area contributed by atoms with Crippen LogP contribution in [0.2, 0.25) is 0 Å². The second-order valence-corrected chi connectivity index (χ2v) is 7.01. The maximum absolute atomic E-state index is 12.5. The summed E-state index contributed by atoms with van der Waals surface area (Å²) in [4.78, 5) is 14.8. The molecule has 1 amide bonds. The Bertz CT molecular complexity index is 317. The minimum Gasteiger partial charge on any atom is -0.339 e. The van der Waals surface area contributed by atoms with Gasteiger partial charge in [0.15, 0.2) is 0 Å². The minimum absolute atomic E-state index is 0.437. The van der Waals surface area contributed by atoms with Crippen LogP contribution in [-0.2, 0) is 4.79 Å². The van der Waals surface area contributed by atoms with Crippen LogP contribution in [0.3, 0.4) is 0 Å². The summed E-state index contributed by atoms with van der Waals surface area (Å²) in [6, 6.07) is 0.602. The Labute approximate surface area is 117 Å². The third-order valence-corrected chi connectivity index (χ3v) is 5.10. The van der Waals surface area contributed by atoms with Gasteiger partial charge in [-0.1, -0.05) is 6.92 Å². The first-order chi connectivity index (χ1) is 9.24. The fourth-order valence-electron chi connectivity index (χ4n) is 3.34. The van der Waals surface area contributed by atoms with Crippen LogP contribution < -0.4 is 5.32 Å². The maximum Gasteiger partial charge on any atom is 0.223 e. The van der Waals surface area contributed by atoms with Crippen molar-refractivity contribution in [3.05, 3.63) is 0 Å². The third kappa shape index (κ3) is 3.71. The standard InChI is InChI=1S/C16H28N2O/c1-12(14-3-2-8-17-10-14)9-16(19)18(15-6-7-15)11-13-4-5-13/h12-15,17H,2-11H2,1H3. The molecule has 3 heteroatoms. The van der Waals surface area contributed by atoms with E-state index in [2.05, 4.69) is 17.1 Å². The third-order valence-electron chi connectivity index (χ3n) is 5.10. The SMILES string of the molecule is CC(CC(=O)N(CC1CC1)C1CC1)C1CCCNC1. The smallest absolute Gasteiger partial charge is 0.223 e. The van der Waals surface area contributed by atoms with E-state index in [0.717, 1.165) is 32.0 Å². The first-order valence-corrected chi connectivity index (χ1v) is 8.24. The lowest BCUT2D eigenvalue weighted by molar-refractivity contribution is -0.133. The predicted octanol–water partition coefficient (Wildman–Crippen LogP) is 2.41. The van der Waals surface area contributed by atoms with Crippen molar-refractivity contribution >= 4 is 5.91 Å². The van der Waals surface area contributed by atoms with Crippen molar-refractivity contribution in [3.8, 4) is 0 Å². The van der Waals surface area contributed by atoms with E-state index in [1.807, 2.05) is 0 Å². The van der Waals surface area contributed by atoms with Crippen LogP contribution in [0.4, 0.5) is 0 Å². The molecule has 108 valence electrons. The van der Waals surface area contributed by atoms with Crippen molar-refractivity contribution in [2.24, 2.45) is 17.8 Å². The van der Waals surface area contributed by atoms with Gasteiger partial charge in [-0.15, -0.1) is 0 Å². The molecule has 0 bridgehead atoms. The molecule has 1 aliphatic heterocycles. The van der Waals surface area contributed by atoms with Crippen molar-refractivity contribution in [2.45, 2.75) is 57.9 Å². The molecule has 1 saturated heterocycles. The molecule has 3 rings (SSSR count). The van der Waals surface area contributed by atoms with Gasteiger partial charge in [-0.3, -0.25) is 4.79 Å². The highest BCUT2D eigenvalue weighted by atomic mass is 16.2. The average molecular weight is 264 g/mol. The number of rotatable bonds is 6. The van der Waals surface area contributed by atoms with E-state index in [-0.39, 0.29) is 0 Å². The monoisotopic (exact) mass is 264 g/mol. The topological polar surface area (TPSA) is 32.3 Å². The van der Waals surface area contributed by atoms with Gasteiger partial charge < -0.3 is 10.2 Å². The molecular formula is C16H28N2O. The molecule has 3 aliphatic rings. The Morgan fingerprint density at radius 3 is 2.63 bits per heavy atom. The lowest BCUT2D eigenvalue weighted by Gasteiger charge is -2.30. The molecular weight excluding hydrogens is 236 g/mol. The number of carbonyl (C=O) groups excluding carboxylic acids is 1. The second-order valence-electron chi connectivity index (χ2n) is 7.01. The highest BCUT2D eigenvalue weighted by Crippen LogP contribution is 2.36. The zero-order valence-electron chi connectivity index (χ0n) is 12.2. The Kier molecular flexibility index (Phi) is 4.11. The predicted molar refractivity (Wildman–Crippen MR) is 76.8 cm³/mol. The summed E-state index contributed by atoms with van der Waals surface area (Å²) in [5.41, 5.74) is 0. The molecule has 0 aromatic rings. The molecule has 19 heavy (non-hydrogen) atoms. The normalized spacial score (nSPS) is 29.0. The number of nitrogens with zero attached hydrogens (tertiary/aromatic N) is 1. The van der Waals surface area contributed by atoms with Crippen LogP contribution >= 0.6 is 0 Å². The van der Waals surface area contributed by atoms with Gasteiger partial charge in [0, 0.05) is 19.0 Å². The van der Waals surface area contributed by atoms with Gasteiger partial charge in [0.2, 0.25) is 5.91 Å². The molecule has 1 N–H and O–H groups in total. The lowest BCUT2D eigenvalue weighted by atomic mass is 9.85. The van der Waals surface area contributed by atoms with Crippen LogP contribution in [-0.4, -0.2) is 36.5 Å². The van der Waals surface area contributed by atoms with E-state index >= 15 is 0 Å². The van der Waals surface area contributed by atoms with Crippen molar-refractivity contribution in [1.82, 2.24) is 10.2 Å². The second kappa shape index (κ2) is 5.82. The molecule has 0 aromatic heterocycles. The summed E-state index contributed by atoms with van der Waals surface area (Å²) in [6.45, 7) is 5.60. The summed E-state index contributed by atoms with van der Waals surface area (Å²) in [5.74, 6) is 2.52. The number of amides is 1. The van der Waals surface area contributed by atoms with Crippen molar-refractivity contribution in [2.75, 3.05) is 19.6 Å². The van der Waals surface area contributed by atoms with Crippen molar-refractivity contribution in [1.29, 1.82) is 0 Å². The van der Waals surface area contributed by atoms with E-state index in [1.165, 1.54) is 38.5 Å². The summed E-state index contributed by atoms with van der Waals surface area (Å²) in [7, 11) is 0. The van der Waals surface area contributed by atoms with Gasteiger partial charge >= 0.3 is 0 Å². The summed E-state index contributed by atoms with van der Waals surface area (Å²) >= 11 is 0. The summed E-state index contributed by atoms with van der Waals surface area (Å²) < 4.78 is 0. The summed E-state index contributed by atoms with van der Waals surface area (Å²) in [6.07, 6.45) is 8.54. The van der Waals surface area contributed by atoms with Crippen molar-refractivity contribution < 1.29 is 4.79 Å². The fourth-order valence-corrected chi connectivity index (χ4v) is 3.34. The zero-order chi connectivity index (χ0) is 13.2. The number of hydrogen-bond acceptors (Lipinski definition) is 2. The van der Waals surface area contributed by atoms with Crippen LogP contribution in [0, 0.1) is 17.8 Å². The highest BCUT2D eigenvalue weighted by Gasteiger charge is 2.37. The number of carbonyl (C=O) groups is 1. The van der Waals surface area contributed by atoms with E-state index in [9.17, 15) is 4.79 Å². The van der Waals surface area contributed by atoms with Crippen LogP contribution in [0.5, 0.6) is 0 Å². The first-order valence-electron chi connectivity index (χ1n) is 8.24. The van der Waals surface area contributed by atoms with Crippen LogP contribution in [0.15, 0.2) is 0 Å². The molecule has 2 atom stereocenters. The largest absolute Gasteiger partial charge is 0.339 e. The first kappa shape index (κ1) is 13.4. The molecule has 1 heterocycles. The molecule has 2 aliphatic carbocycles. The minimum atomic E-state index is 0.437. The maximum atomic E-state index is 12.5. The van der Waals surface area contributed by atoms with Gasteiger partial charge in [-0.25, -0.2) is 0 Å². The highest BCUT2D eigenvalue weighted by molar-refractivity contribution is 5.77. The van der Waals surface area contributed by atoms with E-state index in [0.29, 0.717) is 23.8 Å². The molecule has 2 saturated carbocycles. The molecule has 3 nitrogen and oxygen atoms in total. The molecule has 0 spiro atoms. The Morgan fingerprint density at radius 1 is 1.26 bits per heavy atom. The number of hydrogen-bond donors (Lipinski definition) is 1. The van der Waals surface area contributed by atoms with Gasteiger partial charge in [-0.2, -0.15) is 0 Å². The van der Waals surface area contributed by atoms with Gasteiger partial charge in [0.25, 0.3) is 0 Å².